The van der Waals surface area contributed by atoms with Gasteiger partial charge in [0.05, 0.1) is 22.9 Å². The zero-order valence-corrected chi connectivity index (χ0v) is 20.3. The van der Waals surface area contributed by atoms with Gasteiger partial charge in [-0.3, -0.25) is 10.2 Å². The van der Waals surface area contributed by atoms with Gasteiger partial charge in [-0.15, -0.1) is 0 Å². The van der Waals surface area contributed by atoms with Crippen molar-refractivity contribution in [2.45, 2.75) is 13.1 Å². The van der Waals surface area contributed by atoms with Gasteiger partial charge in [-0.25, -0.2) is 14.6 Å². The molecule has 1 atom stereocenters. The first-order chi connectivity index (χ1) is 17.3. The van der Waals surface area contributed by atoms with Crippen molar-refractivity contribution < 1.29 is 41.8 Å². The lowest BCUT2D eigenvalue weighted by Crippen LogP contribution is -2.42. The number of nitrogens with zero attached hydrogens (tertiary/aromatic N) is 1. The normalized spacial score (nSPS) is 12.9. The second kappa shape index (κ2) is 10.8. The maximum atomic E-state index is 12.6. The van der Waals surface area contributed by atoms with Crippen LogP contribution in [0.1, 0.15) is 22.8 Å². The van der Waals surface area contributed by atoms with Crippen molar-refractivity contribution >= 4 is 50.4 Å². The Kier molecular flexibility index (Phi) is 8.01. The molecule has 196 valence electrons. The van der Waals surface area contributed by atoms with Crippen LogP contribution in [0.25, 0.3) is 10.2 Å². The van der Waals surface area contributed by atoms with Crippen LogP contribution in [0.2, 0.25) is 0 Å². The van der Waals surface area contributed by atoms with E-state index in [2.05, 4.69) is 19.8 Å². The molecule has 0 saturated heterocycles. The molecule has 0 amide bonds. The summed E-state index contributed by atoms with van der Waals surface area (Å²) in [5.74, 6) is -3.80. The summed E-state index contributed by atoms with van der Waals surface area (Å²) in [6.45, 7) is 0.148. The molecule has 4 N–H and O–H groups in total. The van der Waals surface area contributed by atoms with Crippen LogP contribution >= 0.6 is 11.3 Å². The second-order valence-corrected chi connectivity index (χ2v) is 9.04. The third-order valence-electron chi connectivity index (χ3n) is 5.06. The van der Waals surface area contributed by atoms with E-state index in [-0.39, 0.29) is 23.7 Å². The van der Waals surface area contributed by atoms with Crippen LogP contribution in [-0.2, 0) is 19.1 Å². The first-order valence-corrected chi connectivity index (χ1v) is 11.3. The number of carbonyl (C=O) groups excluding carboxylic acids is 3. The number of nitrogen functional groups attached to an aromatic ring is 1. The number of aromatic nitrogens is 1. The average molecular weight is 539 g/mol. The summed E-state index contributed by atoms with van der Waals surface area (Å²) < 4.78 is 52.3. The molecule has 1 unspecified atom stereocenters. The number of hydrogen-bond donors (Lipinski definition) is 3. The molecule has 0 spiro atoms. The molecule has 0 saturated carbocycles. The van der Waals surface area contributed by atoms with Gasteiger partial charge in [-0.2, -0.15) is 13.2 Å². The van der Waals surface area contributed by atoms with Crippen LogP contribution in [0.3, 0.4) is 0 Å². The van der Waals surface area contributed by atoms with Crippen molar-refractivity contribution in [2.24, 2.45) is 11.1 Å². The molecule has 1 aromatic heterocycles. The van der Waals surface area contributed by atoms with Gasteiger partial charge in [-0.1, -0.05) is 11.3 Å². The summed E-state index contributed by atoms with van der Waals surface area (Å²) in [5.41, 5.74) is 4.99. The summed E-state index contributed by atoms with van der Waals surface area (Å²) >= 11 is 1.12. The quantitative estimate of drug-likeness (QED) is 0.161. The van der Waals surface area contributed by atoms with Crippen LogP contribution in [0, 0.1) is 10.8 Å². The van der Waals surface area contributed by atoms with Crippen LogP contribution in [0.5, 0.6) is 5.75 Å². The van der Waals surface area contributed by atoms with E-state index in [9.17, 15) is 27.6 Å². The average Bonchev–Trinajstić information content (AvgIpc) is 3.27. The molecule has 2 aromatic carbocycles. The number of halogens is 3. The number of benzene rings is 2. The fraction of sp³-hybridized carbons (Fsp3) is 0.261. The van der Waals surface area contributed by atoms with Gasteiger partial charge < -0.3 is 25.3 Å². The minimum absolute atomic E-state index is 0.118. The minimum atomic E-state index is -5.20. The fourth-order valence-corrected chi connectivity index (χ4v) is 3.90. The van der Waals surface area contributed by atoms with Crippen LogP contribution < -0.4 is 15.8 Å². The first-order valence-electron chi connectivity index (χ1n) is 10.5. The predicted octanol–water partition coefficient (Wildman–Crippen LogP) is 3.50. The van der Waals surface area contributed by atoms with Gasteiger partial charge in [0, 0.05) is 12.1 Å². The molecule has 0 bridgehead atoms. The molecular formula is C23H21F3N4O6S. The zero-order valence-electron chi connectivity index (χ0n) is 19.5. The number of esters is 3. The predicted molar refractivity (Wildman–Crippen MR) is 128 cm³/mol. The molecule has 10 nitrogen and oxygen atoms in total. The number of thiazole rings is 1. The van der Waals surface area contributed by atoms with E-state index in [1.807, 2.05) is 0 Å². The standard InChI is InChI=1S/C23H21F3N4O6S/c1-22(19(32)34-2,11-35-20(33)23(24,25)26)10-29-21-30-15-8-5-13(9-16(15)37-21)18(31)36-14-6-3-12(4-7-14)17(27)28/h3-9H,10-11H2,1-2H3,(H3,27,28)(H,29,30). The Balaban J connectivity index is 1.70. The molecule has 0 radical (unpaired) electrons. The first kappa shape index (κ1) is 27.4. The molecule has 0 aliphatic heterocycles. The highest BCUT2D eigenvalue weighted by Gasteiger charge is 2.44. The molecule has 0 aliphatic rings. The summed E-state index contributed by atoms with van der Waals surface area (Å²) in [6, 6.07) is 10.7. The molecule has 3 rings (SSSR count). The highest BCUT2D eigenvalue weighted by Crippen LogP contribution is 2.29. The molecule has 0 fully saturated rings. The van der Waals surface area contributed by atoms with Crippen LogP contribution in [-0.4, -0.2) is 55.2 Å². The summed E-state index contributed by atoms with van der Waals surface area (Å²) in [7, 11) is 1.06. The fourth-order valence-electron chi connectivity index (χ4n) is 3.00. The number of nitrogens with two attached hydrogens (primary N) is 1. The van der Waals surface area contributed by atoms with Gasteiger partial charge in [0.2, 0.25) is 0 Å². The smallest absolute Gasteiger partial charge is 0.468 e. The van der Waals surface area contributed by atoms with Crippen molar-refractivity contribution in [3.63, 3.8) is 0 Å². The Morgan fingerprint density at radius 2 is 1.73 bits per heavy atom. The lowest BCUT2D eigenvalue weighted by molar-refractivity contribution is -0.203. The number of amidine groups is 1. The second-order valence-electron chi connectivity index (χ2n) is 8.01. The van der Waals surface area contributed by atoms with Gasteiger partial charge in [0.1, 0.15) is 23.6 Å². The van der Waals surface area contributed by atoms with Crippen molar-refractivity contribution in [3.05, 3.63) is 53.6 Å². The number of ether oxygens (including phenoxy) is 3. The number of nitrogens with one attached hydrogen (secondary N) is 2. The Labute approximate surface area is 212 Å². The van der Waals surface area contributed by atoms with E-state index in [1.165, 1.54) is 25.1 Å². The SMILES string of the molecule is COC(=O)C(C)(CNc1nc2ccc(C(=O)Oc3ccc(C(=N)N)cc3)cc2s1)COC(=O)C(F)(F)F. The van der Waals surface area contributed by atoms with Gasteiger partial charge in [-0.05, 0) is 49.4 Å². The number of hydrogen-bond acceptors (Lipinski definition) is 10. The van der Waals surface area contributed by atoms with E-state index < -0.39 is 36.1 Å². The number of methoxy groups -OCH3 is 1. The summed E-state index contributed by atoms with van der Waals surface area (Å²) in [4.78, 5) is 40.1. The molecule has 37 heavy (non-hydrogen) atoms. The third kappa shape index (κ3) is 6.73. The molecule has 14 heteroatoms. The maximum absolute atomic E-state index is 12.6. The van der Waals surface area contributed by atoms with E-state index in [4.69, 9.17) is 15.9 Å². The van der Waals surface area contributed by atoms with E-state index in [0.29, 0.717) is 20.9 Å². The zero-order chi connectivity index (χ0) is 27.4. The van der Waals surface area contributed by atoms with E-state index in [0.717, 1.165) is 18.4 Å². The van der Waals surface area contributed by atoms with Gasteiger partial charge in [0.15, 0.2) is 5.13 Å². The van der Waals surface area contributed by atoms with E-state index >= 15 is 0 Å². The monoisotopic (exact) mass is 538 g/mol. The Morgan fingerprint density at radius 1 is 1.08 bits per heavy atom. The summed E-state index contributed by atoms with van der Waals surface area (Å²) in [6.07, 6.45) is -5.20. The Hall–Kier alpha value is -4.20. The number of fused-ring (bicyclic) bond motifs is 1. The largest absolute Gasteiger partial charge is 0.490 e. The number of anilines is 1. The van der Waals surface area contributed by atoms with Gasteiger partial charge in [0.25, 0.3) is 0 Å². The van der Waals surface area contributed by atoms with Crippen molar-refractivity contribution in [2.75, 3.05) is 25.6 Å². The van der Waals surface area contributed by atoms with Crippen molar-refractivity contribution in [1.82, 2.24) is 4.98 Å². The number of rotatable bonds is 9. The molecule has 1 heterocycles. The Bertz CT molecular complexity index is 1340. The van der Waals surface area contributed by atoms with Gasteiger partial charge >= 0.3 is 24.1 Å². The Morgan fingerprint density at radius 3 is 2.32 bits per heavy atom. The van der Waals surface area contributed by atoms with Crippen LogP contribution in [0.15, 0.2) is 42.5 Å². The van der Waals surface area contributed by atoms with Crippen molar-refractivity contribution in [3.8, 4) is 5.75 Å². The highest BCUT2D eigenvalue weighted by molar-refractivity contribution is 7.22. The summed E-state index contributed by atoms with van der Waals surface area (Å²) in [5, 5.41) is 10.5. The molecular weight excluding hydrogens is 517 g/mol. The minimum Gasteiger partial charge on any atom is -0.468 e. The maximum Gasteiger partial charge on any atom is 0.490 e. The topological polar surface area (TPSA) is 154 Å². The lowest BCUT2D eigenvalue weighted by Gasteiger charge is -2.26. The number of alkyl halides is 3. The number of carbonyl (C=O) groups is 3. The highest BCUT2D eigenvalue weighted by atomic mass is 32.1. The van der Waals surface area contributed by atoms with Crippen molar-refractivity contribution in [1.29, 1.82) is 5.41 Å². The third-order valence-corrected chi connectivity index (χ3v) is 6.04. The van der Waals surface area contributed by atoms with E-state index in [1.54, 1.807) is 24.3 Å². The lowest BCUT2D eigenvalue weighted by atomic mass is 9.92. The molecule has 3 aromatic rings. The van der Waals surface area contributed by atoms with Crippen LogP contribution in [0.4, 0.5) is 18.3 Å². The molecule has 0 aliphatic carbocycles.